The first-order valence-corrected chi connectivity index (χ1v) is 8.66. The third-order valence-electron chi connectivity index (χ3n) is 4.07. The fraction of sp³-hybridized carbons (Fsp3) is 0.556. The largest absolute Gasteiger partial charge is 0.493 e. The number of carbonyl (C=O) groups is 2. The summed E-state index contributed by atoms with van der Waals surface area (Å²) in [5.74, 6) is 0.0650. The van der Waals surface area contributed by atoms with Gasteiger partial charge in [-0.05, 0) is 38.8 Å². The minimum atomic E-state index is -0.288. The van der Waals surface area contributed by atoms with Gasteiger partial charge in [-0.15, -0.1) is 0 Å². The van der Waals surface area contributed by atoms with Crippen LogP contribution in [0.4, 0.5) is 0 Å². The zero-order valence-electron chi connectivity index (χ0n) is 15.0. The second kappa shape index (κ2) is 8.43. The number of benzene rings is 1. The molecule has 6 nitrogen and oxygen atoms in total. The molecule has 0 radical (unpaired) electrons. The van der Waals surface area contributed by atoms with Crippen molar-refractivity contribution >= 4 is 23.5 Å². The van der Waals surface area contributed by atoms with Crippen LogP contribution in [0.25, 0.3) is 0 Å². The van der Waals surface area contributed by atoms with Crippen molar-refractivity contribution in [1.82, 2.24) is 4.90 Å². The lowest BCUT2D eigenvalue weighted by Gasteiger charge is -2.31. The van der Waals surface area contributed by atoms with Crippen LogP contribution in [0.15, 0.2) is 12.1 Å². The van der Waals surface area contributed by atoms with Gasteiger partial charge in [0.15, 0.2) is 11.5 Å². The molecule has 7 heteroatoms. The number of esters is 1. The minimum Gasteiger partial charge on any atom is -0.493 e. The molecule has 1 heterocycles. The van der Waals surface area contributed by atoms with Crippen molar-refractivity contribution in [3.05, 3.63) is 22.7 Å². The van der Waals surface area contributed by atoms with Crippen molar-refractivity contribution in [3.8, 4) is 11.5 Å². The Bertz CT molecular complexity index is 647. The summed E-state index contributed by atoms with van der Waals surface area (Å²) in [6.45, 7) is 4.71. The van der Waals surface area contributed by atoms with Crippen LogP contribution in [-0.2, 0) is 9.53 Å². The van der Waals surface area contributed by atoms with E-state index in [1.54, 1.807) is 17.0 Å². The summed E-state index contributed by atoms with van der Waals surface area (Å²) in [5, 5.41) is 0.318. The van der Waals surface area contributed by atoms with Crippen molar-refractivity contribution in [1.29, 1.82) is 0 Å². The van der Waals surface area contributed by atoms with Gasteiger partial charge in [0.2, 0.25) is 0 Å². The lowest BCUT2D eigenvalue weighted by Crippen LogP contribution is -2.42. The number of rotatable bonds is 5. The predicted molar refractivity (Wildman–Crippen MR) is 94.4 cm³/mol. The number of amides is 1. The fourth-order valence-corrected chi connectivity index (χ4v) is 3.15. The Labute approximate surface area is 153 Å². The highest BCUT2D eigenvalue weighted by Gasteiger charge is 2.30. The van der Waals surface area contributed by atoms with E-state index >= 15 is 0 Å². The molecule has 0 unspecified atom stereocenters. The first-order valence-electron chi connectivity index (χ1n) is 8.28. The minimum absolute atomic E-state index is 0.0733. The molecule has 1 saturated heterocycles. The molecule has 0 saturated carbocycles. The summed E-state index contributed by atoms with van der Waals surface area (Å²) in [6.07, 6.45) is 1.41. The van der Waals surface area contributed by atoms with E-state index < -0.39 is 0 Å². The Kier molecular flexibility index (Phi) is 6.53. The predicted octanol–water partition coefficient (Wildman–Crippen LogP) is 3.16. The lowest BCUT2D eigenvalue weighted by atomic mass is 9.97. The van der Waals surface area contributed by atoms with Crippen molar-refractivity contribution in [3.63, 3.8) is 0 Å². The van der Waals surface area contributed by atoms with Crippen LogP contribution in [0.5, 0.6) is 11.5 Å². The highest BCUT2D eigenvalue weighted by atomic mass is 35.5. The van der Waals surface area contributed by atoms with E-state index in [4.69, 9.17) is 25.8 Å². The zero-order valence-corrected chi connectivity index (χ0v) is 15.8. The standard InChI is InChI=1S/C18H24ClNO5/c1-11(2)25-16-14(19)8-13(9-15(16)23-3)17(21)20-7-5-6-12(10-20)18(22)24-4/h8-9,11-12H,5-7,10H2,1-4H3/t12-/m0/s1. The van der Waals surface area contributed by atoms with E-state index in [-0.39, 0.29) is 23.9 Å². The number of nitrogens with zero attached hydrogens (tertiary/aromatic N) is 1. The van der Waals surface area contributed by atoms with Crippen molar-refractivity contribution in [2.75, 3.05) is 27.3 Å². The normalized spacial score (nSPS) is 17.4. The number of carbonyl (C=O) groups excluding carboxylic acids is 2. The zero-order chi connectivity index (χ0) is 18.6. The molecule has 1 aromatic carbocycles. The molecule has 1 fully saturated rings. The molecule has 0 bridgehead atoms. The van der Waals surface area contributed by atoms with Crippen LogP contribution < -0.4 is 9.47 Å². The van der Waals surface area contributed by atoms with Crippen LogP contribution in [0.1, 0.15) is 37.0 Å². The molecule has 1 amide bonds. The molecular weight excluding hydrogens is 346 g/mol. The van der Waals surface area contributed by atoms with Crippen LogP contribution in [0.2, 0.25) is 5.02 Å². The number of hydrogen-bond acceptors (Lipinski definition) is 5. The number of halogens is 1. The highest BCUT2D eigenvalue weighted by Crippen LogP contribution is 2.37. The molecule has 1 aliphatic rings. The third-order valence-corrected chi connectivity index (χ3v) is 4.35. The molecule has 0 aromatic heterocycles. The van der Waals surface area contributed by atoms with Crippen LogP contribution in [0.3, 0.4) is 0 Å². The molecule has 1 aromatic rings. The summed E-state index contributed by atoms with van der Waals surface area (Å²) in [6, 6.07) is 3.19. The number of methoxy groups -OCH3 is 2. The van der Waals surface area contributed by atoms with E-state index in [0.29, 0.717) is 35.2 Å². The Hall–Kier alpha value is -1.95. The van der Waals surface area contributed by atoms with E-state index in [2.05, 4.69) is 0 Å². The maximum atomic E-state index is 12.8. The van der Waals surface area contributed by atoms with E-state index in [1.807, 2.05) is 13.8 Å². The summed E-state index contributed by atoms with van der Waals surface area (Å²) in [4.78, 5) is 26.2. The van der Waals surface area contributed by atoms with Gasteiger partial charge in [-0.1, -0.05) is 11.6 Å². The second-order valence-electron chi connectivity index (χ2n) is 6.27. The average Bonchev–Trinajstić information content (AvgIpc) is 2.61. The van der Waals surface area contributed by atoms with Crippen LogP contribution in [-0.4, -0.2) is 50.2 Å². The van der Waals surface area contributed by atoms with Gasteiger partial charge in [0.05, 0.1) is 31.3 Å². The van der Waals surface area contributed by atoms with Gasteiger partial charge in [0, 0.05) is 18.7 Å². The number of likely N-dealkylation sites (tertiary alicyclic amines) is 1. The Morgan fingerprint density at radius 2 is 2.00 bits per heavy atom. The topological polar surface area (TPSA) is 65.1 Å². The molecule has 138 valence electrons. The van der Waals surface area contributed by atoms with E-state index in [0.717, 1.165) is 12.8 Å². The van der Waals surface area contributed by atoms with Gasteiger partial charge in [-0.25, -0.2) is 0 Å². The average molecular weight is 370 g/mol. The van der Waals surface area contributed by atoms with Crippen LogP contribution >= 0.6 is 11.6 Å². The van der Waals surface area contributed by atoms with E-state index in [1.165, 1.54) is 14.2 Å². The number of piperidine rings is 1. The molecular formula is C18H24ClNO5. The van der Waals surface area contributed by atoms with Crippen molar-refractivity contribution in [2.45, 2.75) is 32.8 Å². The first-order chi connectivity index (χ1) is 11.9. The maximum absolute atomic E-state index is 12.8. The van der Waals surface area contributed by atoms with Gasteiger partial charge in [-0.2, -0.15) is 0 Å². The Balaban J connectivity index is 2.24. The fourth-order valence-electron chi connectivity index (χ4n) is 2.90. The molecule has 1 atom stereocenters. The second-order valence-corrected chi connectivity index (χ2v) is 6.68. The highest BCUT2D eigenvalue weighted by molar-refractivity contribution is 6.32. The quantitative estimate of drug-likeness (QED) is 0.746. The smallest absolute Gasteiger partial charge is 0.310 e. The summed E-state index contributed by atoms with van der Waals surface area (Å²) in [5.41, 5.74) is 0.406. The Morgan fingerprint density at radius 3 is 2.60 bits per heavy atom. The molecule has 1 aliphatic heterocycles. The monoisotopic (exact) mass is 369 g/mol. The summed E-state index contributed by atoms with van der Waals surface area (Å²) in [7, 11) is 2.86. The van der Waals surface area contributed by atoms with Gasteiger partial charge in [0.25, 0.3) is 5.91 Å². The molecule has 0 spiro atoms. The number of hydrogen-bond donors (Lipinski definition) is 0. The first kappa shape index (κ1) is 19.4. The molecule has 25 heavy (non-hydrogen) atoms. The molecule has 2 rings (SSSR count). The van der Waals surface area contributed by atoms with Gasteiger partial charge in [0.1, 0.15) is 0 Å². The maximum Gasteiger partial charge on any atom is 0.310 e. The van der Waals surface area contributed by atoms with Crippen LogP contribution in [0, 0.1) is 5.92 Å². The lowest BCUT2D eigenvalue weighted by molar-refractivity contribution is -0.146. The Morgan fingerprint density at radius 1 is 1.28 bits per heavy atom. The third kappa shape index (κ3) is 4.57. The van der Waals surface area contributed by atoms with Gasteiger partial charge < -0.3 is 19.1 Å². The SMILES string of the molecule is COC(=O)[C@H]1CCCN(C(=O)c2cc(Cl)c(OC(C)C)c(OC)c2)C1. The van der Waals surface area contributed by atoms with Gasteiger partial charge in [-0.3, -0.25) is 9.59 Å². The molecule has 0 N–H and O–H groups in total. The summed E-state index contributed by atoms with van der Waals surface area (Å²) >= 11 is 6.29. The number of ether oxygens (including phenoxy) is 3. The van der Waals surface area contributed by atoms with Crippen molar-refractivity contribution < 1.29 is 23.8 Å². The molecule has 0 aliphatic carbocycles. The van der Waals surface area contributed by atoms with E-state index in [9.17, 15) is 9.59 Å². The van der Waals surface area contributed by atoms with Crippen molar-refractivity contribution in [2.24, 2.45) is 5.92 Å². The van der Waals surface area contributed by atoms with Gasteiger partial charge >= 0.3 is 5.97 Å². The summed E-state index contributed by atoms with van der Waals surface area (Å²) < 4.78 is 15.8.